The van der Waals surface area contributed by atoms with Gasteiger partial charge < -0.3 is 10.4 Å². The summed E-state index contributed by atoms with van der Waals surface area (Å²) in [5.41, 5.74) is 1.45. The average molecular weight is 360 g/mol. The van der Waals surface area contributed by atoms with Gasteiger partial charge in [0, 0.05) is 22.9 Å². The van der Waals surface area contributed by atoms with Crippen LogP contribution in [0.3, 0.4) is 0 Å². The molecule has 2 N–H and O–H groups in total. The molecule has 1 atom stereocenters. The second kappa shape index (κ2) is 8.63. The van der Waals surface area contributed by atoms with Crippen LogP contribution in [0.5, 0.6) is 0 Å². The van der Waals surface area contributed by atoms with Gasteiger partial charge in [0.15, 0.2) is 0 Å². The van der Waals surface area contributed by atoms with Gasteiger partial charge in [0.2, 0.25) is 0 Å². The normalized spacial score (nSPS) is 12.2. The molecule has 0 bridgehead atoms. The molecule has 0 spiro atoms. The second-order valence-corrected chi connectivity index (χ2v) is 6.42. The van der Waals surface area contributed by atoms with Gasteiger partial charge in [0.05, 0.1) is 17.0 Å². The van der Waals surface area contributed by atoms with E-state index in [0.717, 1.165) is 10.6 Å². The topological polar surface area (TPSA) is 32.3 Å². The van der Waals surface area contributed by atoms with Crippen LogP contribution in [-0.4, -0.2) is 23.6 Å². The summed E-state index contributed by atoms with van der Waals surface area (Å²) in [6, 6.07) is 12.7. The average Bonchev–Trinajstić information content (AvgIpc) is 2.54. The van der Waals surface area contributed by atoms with E-state index in [-0.39, 0.29) is 16.7 Å². The van der Waals surface area contributed by atoms with E-state index in [4.69, 9.17) is 23.2 Å². The first-order valence-corrected chi connectivity index (χ1v) is 8.64. The zero-order chi connectivity index (χ0) is 15.9. The molecule has 22 heavy (non-hydrogen) atoms. The number of nitrogens with one attached hydrogen (secondary N) is 1. The maximum absolute atomic E-state index is 13.9. The van der Waals surface area contributed by atoms with Crippen LogP contribution in [0.25, 0.3) is 0 Å². The minimum Gasteiger partial charge on any atom is -0.390 e. The molecular formula is C16H16Cl2FNOS. The number of benzene rings is 2. The summed E-state index contributed by atoms with van der Waals surface area (Å²) in [4.78, 5) is 0.976. The fourth-order valence-corrected chi connectivity index (χ4v) is 3.14. The van der Waals surface area contributed by atoms with Crippen LogP contribution in [0.4, 0.5) is 10.1 Å². The van der Waals surface area contributed by atoms with E-state index in [1.807, 2.05) is 24.3 Å². The highest BCUT2D eigenvalue weighted by atomic mass is 35.5. The van der Waals surface area contributed by atoms with Crippen molar-refractivity contribution in [3.8, 4) is 0 Å². The van der Waals surface area contributed by atoms with Crippen molar-refractivity contribution < 1.29 is 9.50 Å². The minimum atomic E-state index is -0.606. The Balaban J connectivity index is 2.05. The van der Waals surface area contributed by atoms with Gasteiger partial charge in [-0.2, -0.15) is 0 Å². The maximum Gasteiger partial charge on any atom is 0.145 e. The largest absolute Gasteiger partial charge is 0.390 e. The Hall–Kier alpha value is -0.940. The standard InChI is InChI=1S/C16H16Cl2FNOS/c17-8-12(21)9-20-14-6-1-2-7-15(14)22-10-11-4-3-5-13(18)16(11)19/h1-7,12,20-21H,8-10H2. The molecule has 0 heterocycles. The van der Waals surface area contributed by atoms with Crippen molar-refractivity contribution in [1.82, 2.24) is 0 Å². The van der Waals surface area contributed by atoms with Crippen LogP contribution in [0, 0.1) is 5.82 Å². The first-order valence-electron chi connectivity index (χ1n) is 6.74. The van der Waals surface area contributed by atoms with Gasteiger partial charge in [-0.15, -0.1) is 23.4 Å². The Kier molecular flexibility index (Phi) is 6.83. The first-order chi connectivity index (χ1) is 10.6. The number of aliphatic hydroxyl groups excluding tert-OH is 1. The SMILES string of the molecule is OC(CCl)CNc1ccccc1SCc1cccc(Cl)c1F. The van der Waals surface area contributed by atoms with Crippen molar-refractivity contribution in [2.45, 2.75) is 16.8 Å². The Bertz CT molecular complexity index is 627. The highest BCUT2D eigenvalue weighted by molar-refractivity contribution is 7.98. The fraction of sp³-hybridized carbons (Fsp3) is 0.250. The summed E-state index contributed by atoms with van der Waals surface area (Å²) in [5.74, 6) is 0.277. The molecule has 6 heteroatoms. The van der Waals surface area contributed by atoms with E-state index in [1.54, 1.807) is 12.1 Å². The molecule has 1 unspecified atom stereocenters. The molecule has 2 aromatic carbocycles. The number of aliphatic hydroxyl groups is 1. The number of anilines is 1. The zero-order valence-corrected chi connectivity index (χ0v) is 14.1. The summed E-state index contributed by atoms with van der Waals surface area (Å²) in [7, 11) is 0. The van der Waals surface area contributed by atoms with E-state index >= 15 is 0 Å². The van der Waals surface area contributed by atoms with Gasteiger partial charge in [-0.25, -0.2) is 4.39 Å². The highest BCUT2D eigenvalue weighted by Crippen LogP contribution is 2.31. The lowest BCUT2D eigenvalue weighted by Gasteiger charge is -2.14. The van der Waals surface area contributed by atoms with E-state index in [9.17, 15) is 9.50 Å². The number of para-hydroxylation sites is 1. The third-order valence-corrected chi connectivity index (χ3v) is 4.78. The van der Waals surface area contributed by atoms with Crippen LogP contribution < -0.4 is 5.32 Å². The summed E-state index contributed by atoms with van der Waals surface area (Å²) >= 11 is 12.9. The molecule has 0 saturated carbocycles. The molecule has 0 aliphatic heterocycles. The summed E-state index contributed by atoms with van der Waals surface area (Å²) in [5, 5.41) is 12.8. The minimum absolute atomic E-state index is 0.134. The molecule has 0 fully saturated rings. The lowest BCUT2D eigenvalue weighted by atomic mass is 10.2. The number of alkyl halides is 1. The number of hydrogen-bond acceptors (Lipinski definition) is 3. The number of hydrogen-bond donors (Lipinski definition) is 2. The highest BCUT2D eigenvalue weighted by Gasteiger charge is 2.09. The molecule has 0 saturated heterocycles. The molecule has 0 aromatic heterocycles. The van der Waals surface area contributed by atoms with Gasteiger partial charge in [-0.05, 0) is 23.8 Å². The predicted molar refractivity (Wildman–Crippen MR) is 92.6 cm³/mol. The van der Waals surface area contributed by atoms with Gasteiger partial charge in [-0.3, -0.25) is 0 Å². The molecule has 2 rings (SSSR count). The van der Waals surface area contributed by atoms with E-state index in [1.165, 1.54) is 17.8 Å². The zero-order valence-electron chi connectivity index (χ0n) is 11.7. The summed E-state index contributed by atoms with van der Waals surface area (Å²) in [6.45, 7) is 0.368. The fourth-order valence-electron chi connectivity index (χ4n) is 1.84. The summed E-state index contributed by atoms with van der Waals surface area (Å²) in [6.07, 6.45) is -0.606. The van der Waals surface area contributed by atoms with Crippen molar-refractivity contribution in [2.75, 3.05) is 17.7 Å². The second-order valence-electron chi connectivity index (χ2n) is 4.69. The van der Waals surface area contributed by atoms with Crippen molar-refractivity contribution >= 4 is 40.7 Å². The predicted octanol–water partition coefficient (Wildman–Crippen LogP) is 4.78. The Morgan fingerprint density at radius 3 is 2.73 bits per heavy atom. The molecule has 2 aromatic rings. The molecule has 0 amide bonds. The quantitative estimate of drug-likeness (QED) is 0.550. The van der Waals surface area contributed by atoms with Crippen molar-refractivity contribution in [3.63, 3.8) is 0 Å². The van der Waals surface area contributed by atoms with Crippen molar-refractivity contribution in [3.05, 3.63) is 58.9 Å². The van der Waals surface area contributed by atoms with Crippen LogP contribution >= 0.6 is 35.0 Å². The molecule has 2 nitrogen and oxygen atoms in total. The number of thioether (sulfide) groups is 1. The molecule has 0 aliphatic carbocycles. The van der Waals surface area contributed by atoms with E-state index in [0.29, 0.717) is 17.9 Å². The number of halogens is 3. The molecule has 0 aliphatic rings. The molecule has 0 radical (unpaired) electrons. The van der Waals surface area contributed by atoms with Crippen molar-refractivity contribution in [2.24, 2.45) is 0 Å². The Morgan fingerprint density at radius 2 is 1.95 bits per heavy atom. The van der Waals surface area contributed by atoms with Crippen LogP contribution in [-0.2, 0) is 5.75 Å². The molecular weight excluding hydrogens is 344 g/mol. The van der Waals surface area contributed by atoms with Gasteiger partial charge >= 0.3 is 0 Å². The number of rotatable bonds is 7. The monoisotopic (exact) mass is 359 g/mol. The van der Waals surface area contributed by atoms with Crippen LogP contribution in [0.1, 0.15) is 5.56 Å². The van der Waals surface area contributed by atoms with E-state index in [2.05, 4.69) is 5.32 Å². The Morgan fingerprint density at radius 1 is 1.18 bits per heavy atom. The lowest BCUT2D eigenvalue weighted by Crippen LogP contribution is -2.20. The third kappa shape index (κ3) is 4.78. The first kappa shape index (κ1) is 17.4. The van der Waals surface area contributed by atoms with Crippen LogP contribution in [0.15, 0.2) is 47.4 Å². The molecule has 118 valence electrons. The van der Waals surface area contributed by atoms with Gasteiger partial charge in [0.25, 0.3) is 0 Å². The maximum atomic E-state index is 13.9. The summed E-state index contributed by atoms with van der Waals surface area (Å²) < 4.78 is 13.9. The Labute approximate surface area is 143 Å². The smallest absolute Gasteiger partial charge is 0.145 e. The van der Waals surface area contributed by atoms with Crippen molar-refractivity contribution in [1.29, 1.82) is 0 Å². The van der Waals surface area contributed by atoms with Gasteiger partial charge in [0.1, 0.15) is 5.82 Å². The van der Waals surface area contributed by atoms with Crippen LogP contribution in [0.2, 0.25) is 5.02 Å². The third-order valence-electron chi connectivity index (χ3n) is 3.01. The lowest BCUT2D eigenvalue weighted by molar-refractivity contribution is 0.211. The van der Waals surface area contributed by atoms with Gasteiger partial charge in [-0.1, -0.05) is 35.9 Å². The van der Waals surface area contributed by atoms with E-state index < -0.39 is 6.10 Å².